The molecule has 1 aliphatic heterocycles. The lowest BCUT2D eigenvalue weighted by Crippen LogP contribution is -2.41. The van der Waals surface area contributed by atoms with E-state index in [0.29, 0.717) is 0 Å². The zero-order valence-electron chi connectivity index (χ0n) is 16.0. The Bertz CT molecular complexity index is 708. The first-order chi connectivity index (χ1) is 12.2. The monoisotopic (exact) mass is 355 g/mol. The summed E-state index contributed by atoms with van der Waals surface area (Å²) in [6.45, 7) is 15.4. The van der Waals surface area contributed by atoms with E-state index in [4.69, 9.17) is 14.0 Å². The number of pyridine rings is 1. The van der Waals surface area contributed by atoms with Gasteiger partial charge in [-0.15, -0.1) is 0 Å². The van der Waals surface area contributed by atoms with E-state index >= 15 is 0 Å². The number of rotatable bonds is 7. The summed E-state index contributed by atoms with van der Waals surface area (Å²) in [7, 11) is -0.508. The van der Waals surface area contributed by atoms with Crippen molar-refractivity contribution in [2.75, 3.05) is 6.61 Å². The molecule has 2 heterocycles. The van der Waals surface area contributed by atoms with Crippen molar-refractivity contribution >= 4 is 18.6 Å². The van der Waals surface area contributed by atoms with Gasteiger partial charge in [-0.1, -0.05) is 37.5 Å². The van der Waals surface area contributed by atoms with Crippen LogP contribution in [0.1, 0.15) is 33.3 Å². The highest BCUT2D eigenvalue weighted by molar-refractivity contribution is 6.62. The molecular weight excluding hydrogens is 329 g/mol. The van der Waals surface area contributed by atoms with E-state index in [0.717, 1.165) is 16.6 Å². The molecule has 1 aromatic rings. The molecule has 1 saturated heterocycles. The zero-order chi connectivity index (χ0) is 19.4. The number of hydrogen-bond acceptors (Lipinski definition) is 5. The standard InChI is InChI=1S/C20H26BNO4/c1-7-9-15(8-2)14-24-18(23)11-16-10-17(13-22-12-16)21-25-19(3,4)20(5,6)26-21/h7-10,12-13H,1-2,11,14H2,3-6H3/b15-9+. The van der Waals surface area contributed by atoms with E-state index in [9.17, 15) is 4.79 Å². The molecule has 0 radical (unpaired) electrons. The van der Waals surface area contributed by atoms with E-state index in [1.165, 1.54) is 0 Å². The summed E-state index contributed by atoms with van der Waals surface area (Å²) in [5.41, 5.74) is 1.47. The second kappa shape index (κ2) is 8.02. The Balaban J connectivity index is 2.01. The molecule has 26 heavy (non-hydrogen) atoms. The first kappa shape index (κ1) is 20.1. The predicted molar refractivity (Wildman–Crippen MR) is 103 cm³/mol. The number of carbonyl (C=O) groups is 1. The minimum atomic E-state index is -0.508. The van der Waals surface area contributed by atoms with E-state index in [2.05, 4.69) is 18.1 Å². The lowest BCUT2D eigenvalue weighted by Gasteiger charge is -2.32. The van der Waals surface area contributed by atoms with Crippen molar-refractivity contribution in [3.05, 3.63) is 61.0 Å². The molecule has 1 aliphatic rings. The normalized spacial score (nSPS) is 18.5. The van der Waals surface area contributed by atoms with Crippen LogP contribution in [0.25, 0.3) is 0 Å². The largest absolute Gasteiger partial charge is 0.496 e. The molecule has 1 fully saturated rings. The Hall–Kier alpha value is -2.18. The van der Waals surface area contributed by atoms with Gasteiger partial charge < -0.3 is 14.0 Å². The SMILES string of the molecule is C=C/C=C(\C=C)COC(=O)Cc1cncc(B2OC(C)(C)C(C)(C)O2)c1. The molecule has 0 aliphatic carbocycles. The van der Waals surface area contributed by atoms with E-state index in [-0.39, 0.29) is 19.0 Å². The number of hydrogen-bond donors (Lipinski definition) is 0. The summed E-state index contributed by atoms with van der Waals surface area (Å²) in [6, 6.07) is 1.87. The molecule has 0 spiro atoms. The topological polar surface area (TPSA) is 57.7 Å². The molecule has 5 nitrogen and oxygen atoms in total. The molecule has 0 aromatic carbocycles. The Morgan fingerprint density at radius 2 is 1.88 bits per heavy atom. The van der Waals surface area contributed by atoms with Crippen LogP contribution in [0, 0.1) is 0 Å². The van der Waals surface area contributed by atoms with Gasteiger partial charge in [0.05, 0.1) is 17.6 Å². The predicted octanol–water partition coefficient (Wildman–Crippen LogP) is 2.76. The summed E-state index contributed by atoms with van der Waals surface area (Å²) < 4.78 is 17.3. The first-order valence-corrected chi connectivity index (χ1v) is 8.57. The highest BCUT2D eigenvalue weighted by Crippen LogP contribution is 2.36. The van der Waals surface area contributed by atoms with Crippen molar-refractivity contribution in [2.45, 2.75) is 45.3 Å². The van der Waals surface area contributed by atoms with Gasteiger partial charge in [-0.05, 0) is 38.8 Å². The number of allylic oxidation sites excluding steroid dienone is 2. The third kappa shape index (κ3) is 4.71. The van der Waals surface area contributed by atoms with Gasteiger partial charge in [0.25, 0.3) is 0 Å². The number of esters is 1. The van der Waals surface area contributed by atoms with Crippen LogP contribution >= 0.6 is 0 Å². The third-order valence-electron chi connectivity index (χ3n) is 4.68. The Labute approximate surface area is 155 Å². The number of nitrogens with zero attached hydrogens (tertiary/aromatic N) is 1. The van der Waals surface area contributed by atoms with Crippen LogP contribution in [-0.4, -0.2) is 35.9 Å². The molecule has 2 rings (SSSR count). The van der Waals surface area contributed by atoms with E-state index < -0.39 is 18.3 Å². The summed E-state index contributed by atoms with van der Waals surface area (Å²) in [4.78, 5) is 16.3. The lowest BCUT2D eigenvalue weighted by molar-refractivity contribution is -0.141. The second-order valence-electron chi connectivity index (χ2n) is 7.23. The summed E-state index contributed by atoms with van der Waals surface area (Å²) >= 11 is 0. The van der Waals surface area contributed by atoms with Gasteiger partial charge in [0.1, 0.15) is 6.61 Å². The van der Waals surface area contributed by atoms with Gasteiger partial charge >= 0.3 is 13.1 Å². The second-order valence-corrected chi connectivity index (χ2v) is 7.23. The first-order valence-electron chi connectivity index (χ1n) is 8.57. The molecule has 0 unspecified atom stereocenters. The van der Waals surface area contributed by atoms with Gasteiger partial charge in [0, 0.05) is 17.9 Å². The fourth-order valence-corrected chi connectivity index (χ4v) is 2.42. The molecule has 0 amide bonds. The quantitative estimate of drug-likeness (QED) is 0.428. The van der Waals surface area contributed by atoms with Crippen LogP contribution in [0.4, 0.5) is 0 Å². The van der Waals surface area contributed by atoms with Crippen molar-refractivity contribution in [3.8, 4) is 0 Å². The van der Waals surface area contributed by atoms with Crippen molar-refractivity contribution in [1.82, 2.24) is 4.98 Å². The Morgan fingerprint density at radius 1 is 1.23 bits per heavy atom. The molecule has 1 aromatic heterocycles. The molecule has 0 N–H and O–H groups in total. The summed E-state index contributed by atoms with van der Waals surface area (Å²) in [5, 5.41) is 0. The maximum absolute atomic E-state index is 12.1. The average Bonchev–Trinajstić information content (AvgIpc) is 2.79. The van der Waals surface area contributed by atoms with Crippen LogP contribution in [0.3, 0.4) is 0 Å². The van der Waals surface area contributed by atoms with E-state index in [1.807, 2.05) is 33.8 Å². The number of aromatic nitrogens is 1. The summed E-state index contributed by atoms with van der Waals surface area (Å²) in [5.74, 6) is -0.338. The van der Waals surface area contributed by atoms with Crippen LogP contribution < -0.4 is 5.46 Å². The molecule has 0 saturated carbocycles. The highest BCUT2D eigenvalue weighted by Gasteiger charge is 2.51. The maximum atomic E-state index is 12.1. The maximum Gasteiger partial charge on any atom is 0.496 e. The summed E-state index contributed by atoms with van der Waals surface area (Å²) in [6.07, 6.45) is 8.47. The van der Waals surface area contributed by atoms with Crippen molar-refractivity contribution < 1.29 is 18.8 Å². The van der Waals surface area contributed by atoms with Gasteiger partial charge in [-0.3, -0.25) is 9.78 Å². The minimum Gasteiger partial charge on any atom is -0.461 e. The van der Waals surface area contributed by atoms with Crippen molar-refractivity contribution in [2.24, 2.45) is 0 Å². The Morgan fingerprint density at radius 3 is 2.46 bits per heavy atom. The fourth-order valence-electron chi connectivity index (χ4n) is 2.42. The van der Waals surface area contributed by atoms with E-state index in [1.54, 1.807) is 30.6 Å². The lowest BCUT2D eigenvalue weighted by atomic mass is 9.79. The number of ether oxygens (including phenoxy) is 1. The van der Waals surface area contributed by atoms with Gasteiger partial charge in [-0.2, -0.15) is 0 Å². The van der Waals surface area contributed by atoms with Crippen LogP contribution in [0.15, 0.2) is 55.4 Å². The van der Waals surface area contributed by atoms with Crippen LogP contribution in [0.5, 0.6) is 0 Å². The van der Waals surface area contributed by atoms with Gasteiger partial charge in [-0.25, -0.2) is 0 Å². The molecule has 0 atom stereocenters. The van der Waals surface area contributed by atoms with Crippen molar-refractivity contribution in [3.63, 3.8) is 0 Å². The van der Waals surface area contributed by atoms with Crippen LogP contribution in [0.2, 0.25) is 0 Å². The third-order valence-corrected chi connectivity index (χ3v) is 4.68. The Kier molecular flexibility index (Phi) is 6.21. The van der Waals surface area contributed by atoms with Crippen LogP contribution in [-0.2, 0) is 25.3 Å². The highest BCUT2D eigenvalue weighted by atomic mass is 16.7. The number of carbonyl (C=O) groups excluding carboxylic acids is 1. The molecule has 0 bridgehead atoms. The fraction of sp³-hybridized carbons (Fsp3) is 0.400. The zero-order valence-corrected chi connectivity index (χ0v) is 16.0. The minimum absolute atomic E-state index is 0.124. The van der Waals surface area contributed by atoms with Crippen molar-refractivity contribution in [1.29, 1.82) is 0 Å². The smallest absolute Gasteiger partial charge is 0.461 e. The average molecular weight is 355 g/mol. The molecule has 6 heteroatoms. The van der Waals surface area contributed by atoms with Gasteiger partial charge in [0.15, 0.2) is 0 Å². The van der Waals surface area contributed by atoms with Gasteiger partial charge in [0.2, 0.25) is 0 Å². The molecular formula is C20H26BNO4. The molecule has 138 valence electrons.